The van der Waals surface area contributed by atoms with E-state index in [-0.39, 0.29) is 24.2 Å². The van der Waals surface area contributed by atoms with E-state index in [1.165, 1.54) is 6.07 Å². The standard InChI is InChI=1S/C12H10N2O3/c13-7-9-3-1-4-11(10(9)8-14)17-6-2-5-12(15)16/h1,3-4H,2,5-6H2,(H,15,16). The molecule has 0 spiro atoms. The van der Waals surface area contributed by atoms with Crippen LogP contribution in [-0.4, -0.2) is 17.7 Å². The van der Waals surface area contributed by atoms with Crippen molar-refractivity contribution in [2.75, 3.05) is 6.61 Å². The second-order valence-electron chi connectivity index (χ2n) is 3.25. The molecule has 1 rings (SSSR count). The Hall–Kier alpha value is -2.53. The highest BCUT2D eigenvalue weighted by Gasteiger charge is 2.08. The highest BCUT2D eigenvalue weighted by atomic mass is 16.5. The lowest BCUT2D eigenvalue weighted by Crippen LogP contribution is -2.03. The first kappa shape index (κ1) is 12.5. The number of hydrogen-bond donors (Lipinski definition) is 1. The van der Waals surface area contributed by atoms with E-state index in [1.54, 1.807) is 12.1 Å². The molecule has 0 aromatic heterocycles. The average molecular weight is 230 g/mol. The fourth-order valence-corrected chi connectivity index (χ4v) is 1.27. The predicted molar refractivity (Wildman–Crippen MR) is 58.2 cm³/mol. The van der Waals surface area contributed by atoms with Gasteiger partial charge in [0.05, 0.1) is 12.2 Å². The van der Waals surface area contributed by atoms with Crippen LogP contribution in [0.4, 0.5) is 0 Å². The first-order valence-corrected chi connectivity index (χ1v) is 4.97. The van der Waals surface area contributed by atoms with Crippen LogP contribution in [0.15, 0.2) is 18.2 Å². The number of rotatable bonds is 5. The Morgan fingerprint density at radius 2 is 2.12 bits per heavy atom. The summed E-state index contributed by atoms with van der Waals surface area (Å²) in [7, 11) is 0. The molecule has 0 amide bonds. The topological polar surface area (TPSA) is 94.1 Å². The quantitative estimate of drug-likeness (QED) is 0.776. The zero-order chi connectivity index (χ0) is 12.7. The number of carbonyl (C=O) groups is 1. The molecule has 1 aromatic carbocycles. The minimum atomic E-state index is -0.889. The van der Waals surface area contributed by atoms with Crippen molar-refractivity contribution in [3.8, 4) is 17.9 Å². The number of nitriles is 2. The molecule has 1 aromatic rings. The summed E-state index contributed by atoms with van der Waals surface area (Å²) in [5, 5.41) is 26.1. The summed E-state index contributed by atoms with van der Waals surface area (Å²) >= 11 is 0. The number of aliphatic carboxylic acids is 1. The van der Waals surface area contributed by atoms with Crippen molar-refractivity contribution in [3.63, 3.8) is 0 Å². The van der Waals surface area contributed by atoms with Crippen molar-refractivity contribution >= 4 is 5.97 Å². The second kappa shape index (κ2) is 6.14. The normalized spacial score (nSPS) is 9.06. The number of ether oxygens (including phenoxy) is 1. The van der Waals surface area contributed by atoms with E-state index >= 15 is 0 Å². The van der Waals surface area contributed by atoms with Gasteiger partial charge in [0.1, 0.15) is 23.5 Å². The third-order valence-electron chi connectivity index (χ3n) is 2.05. The molecular formula is C12H10N2O3. The van der Waals surface area contributed by atoms with E-state index < -0.39 is 5.97 Å². The SMILES string of the molecule is N#Cc1cccc(OCCCC(=O)O)c1C#N. The van der Waals surface area contributed by atoms with Crippen molar-refractivity contribution in [2.45, 2.75) is 12.8 Å². The molecule has 0 radical (unpaired) electrons. The van der Waals surface area contributed by atoms with Gasteiger partial charge in [-0.25, -0.2) is 0 Å². The number of hydrogen-bond acceptors (Lipinski definition) is 4. The van der Waals surface area contributed by atoms with E-state index in [4.69, 9.17) is 20.4 Å². The molecule has 0 saturated heterocycles. The molecule has 86 valence electrons. The Labute approximate surface area is 98.5 Å². The maximum atomic E-state index is 10.3. The van der Waals surface area contributed by atoms with Crippen LogP contribution in [0.5, 0.6) is 5.75 Å². The lowest BCUT2D eigenvalue weighted by molar-refractivity contribution is -0.137. The second-order valence-corrected chi connectivity index (χ2v) is 3.25. The number of benzene rings is 1. The van der Waals surface area contributed by atoms with Gasteiger partial charge in [-0.1, -0.05) is 6.07 Å². The van der Waals surface area contributed by atoms with Crippen molar-refractivity contribution in [1.82, 2.24) is 0 Å². The third kappa shape index (κ3) is 3.51. The molecule has 5 heteroatoms. The fraction of sp³-hybridized carbons (Fsp3) is 0.250. The molecule has 0 aliphatic heterocycles. The monoisotopic (exact) mass is 230 g/mol. The molecule has 0 saturated carbocycles. The molecule has 0 aliphatic carbocycles. The molecule has 1 N–H and O–H groups in total. The molecule has 0 unspecified atom stereocenters. The number of carboxylic acids is 1. The van der Waals surface area contributed by atoms with Crippen LogP contribution >= 0.6 is 0 Å². The highest BCUT2D eigenvalue weighted by Crippen LogP contribution is 2.21. The Morgan fingerprint density at radius 3 is 2.71 bits per heavy atom. The summed E-state index contributed by atoms with van der Waals surface area (Å²) in [6, 6.07) is 8.53. The van der Waals surface area contributed by atoms with Gasteiger partial charge in [-0.05, 0) is 18.6 Å². The lowest BCUT2D eigenvalue weighted by atomic mass is 10.1. The molecular weight excluding hydrogens is 220 g/mol. The van der Waals surface area contributed by atoms with Gasteiger partial charge in [0.2, 0.25) is 0 Å². The summed E-state index contributed by atoms with van der Waals surface area (Å²) < 4.78 is 5.28. The molecule has 5 nitrogen and oxygen atoms in total. The van der Waals surface area contributed by atoms with E-state index in [1.807, 2.05) is 12.1 Å². The minimum Gasteiger partial charge on any atom is -0.492 e. The van der Waals surface area contributed by atoms with Gasteiger partial charge in [-0.3, -0.25) is 4.79 Å². The van der Waals surface area contributed by atoms with Crippen LogP contribution in [0, 0.1) is 22.7 Å². The van der Waals surface area contributed by atoms with Crippen LogP contribution in [0.25, 0.3) is 0 Å². The maximum Gasteiger partial charge on any atom is 0.303 e. The summed E-state index contributed by atoms with van der Waals surface area (Å²) in [6.45, 7) is 0.204. The highest BCUT2D eigenvalue weighted by molar-refractivity contribution is 5.66. The Morgan fingerprint density at radius 1 is 1.35 bits per heavy atom. The fourth-order valence-electron chi connectivity index (χ4n) is 1.27. The molecule has 0 bridgehead atoms. The van der Waals surface area contributed by atoms with Gasteiger partial charge in [0.25, 0.3) is 0 Å². The Balaban J connectivity index is 2.69. The average Bonchev–Trinajstić information content (AvgIpc) is 2.33. The smallest absolute Gasteiger partial charge is 0.303 e. The van der Waals surface area contributed by atoms with Crippen molar-refractivity contribution < 1.29 is 14.6 Å². The van der Waals surface area contributed by atoms with Crippen molar-refractivity contribution in [2.24, 2.45) is 0 Å². The number of carboxylic acid groups (broad SMARTS) is 1. The van der Waals surface area contributed by atoms with E-state index in [9.17, 15) is 4.79 Å². The van der Waals surface area contributed by atoms with Crippen molar-refractivity contribution in [1.29, 1.82) is 10.5 Å². The first-order valence-electron chi connectivity index (χ1n) is 4.97. The molecule has 17 heavy (non-hydrogen) atoms. The molecule has 0 aliphatic rings. The summed E-state index contributed by atoms with van der Waals surface area (Å²) in [4.78, 5) is 10.3. The van der Waals surface area contributed by atoms with Gasteiger partial charge in [0.15, 0.2) is 0 Å². The van der Waals surface area contributed by atoms with Gasteiger partial charge >= 0.3 is 5.97 Å². The Bertz CT molecular complexity index is 497. The molecule has 0 atom stereocenters. The van der Waals surface area contributed by atoms with Crippen LogP contribution < -0.4 is 4.74 Å². The van der Waals surface area contributed by atoms with Crippen LogP contribution in [0.1, 0.15) is 24.0 Å². The zero-order valence-corrected chi connectivity index (χ0v) is 9.01. The predicted octanol–water partition coefficient (Wildman–Crippen LogP) is 1.67. The van der Waals surface area contributed by atoms with Gasteiger partial charge in [0, 0.05) is 6.42 Å². The van der Waals surface area contributed by atoms with Gasteiger partial charge in [-0.2, -0.15) is 10.5 Å². The Kier molecular flexibility index (Phi) is 4.53. The van der Waals surface area contributed by atoms with Crippen LogP contribution in [0.3, 0.4) is 0 Å². The first-order chi connectivity index (χ1) is 8.19. The summed E-state index contributed by atoms with van der Waals surface area (Å²) in [5.41, 5.74) is 0.438. The maximum absolute atomic E-state index is 10.3. The molecule has 0 heterocycles. The summed E-state index contributed by atoms with van der Waals surface area (Å²) in [5.74, 6) is -0.572. The van der Waals surface area contributed by atoms with Gasteiger partial charge in [-0.15, -0.1) is 0 Å². The van der Waals surface area contributed by atoms with E-state index in [0.29, 0.717) is 12.2 Å². The van der Waals surface area contributed by atoms with E-state index in [2.05, 4.69) is 0 Å². The summed E-state index contributed by atoms with van der Waals surface area (Å²) in [6.07, 6.45) is 0.372. The number of nitrogens with zero attached hydrogens (tertiary/aromatic N) is 2. The van der Waals surface area contributed by atoms with Crippen LogP contribution in [-0.2, 0) is 4.79 Å². The van der Waals surface area contributed by atoms with Crippen molar-refractivity contribution in [3.05, 3.63) is 29.3 Å². The molecule has 0 fully saturated rings. The lowest BCUT2D eigenvalue weighted by Gasteiger charge is -2.07. The minimum absolute atomic E-state index is 0.0137. The van der Waals surface area contributed by atoms with Gasteiger partial charge < -0.3 is 9.84 Å². The largest absolute Gasteiger partial charge is 0.492 e. The third-order valence-corrected chi connectivity index (χ3v) is 2.05. The zero-order valence-electron chi connectivity index (χ0n) is 9.01. The van der Waals surface area contributed by atoms with Crippen LogP contribution in [0.2, 0.25) is 0 Å². The van der Waals surface area contributed by atoms with E-state index in [0.717, 1.165) is 0 Å².